The van der Waals surface area contributed by atoms with E-state index in [-0.39, 0.29) is 6.03 Å². The average Bonchev–Trinajstić information content (AvgIpc) is 2.65. The lowest BCUT2D eigenvalue weighted by atomic mass is 10.1. The number of fused-ring (bicyclic) bond motifs is 3. The van der Waals surface area contributed by atoms with Crippen LogP contribution in [0.15, 0.2) is 18.5 Å². The summed E-state index contributed by atoms with van der Waals surface area (Å²) in [7, 11) is 0. The zero-order valence-corrected chi connectivity index (χ0v) is 7.29. The first-order valence-corrected chi connectivity index (χ1v) is 4.34. The molecule has 2 aromatic rings. The molecule has 1 aliphatic heterocycles. The van der Waals surface area contributed by atoms with Crippen LogP contribution >= 0.6 is 0 Å². The van der Waals surface area contributed by atoms with E-state index in [9.17, 15) is 4.79 Å². The Bertz CT molecular complexity index is 517. The summed E-state index contributed by atoms with van der Waals surface area (Å²) in [5.74, 6) is 0. The van der Waals surface area contributed by atoms with E-state index in [1.807, 2.05) is 12.3 Å². The van der Waals surface area contributed by atoms with Crippen LogP contribution in [0.5, 0.6) is 0 Å². The fraction of sp³-hybridized carbons (Fsp3) is 0.111. The van der Waals surface area contributed by atoms with Gasteiger partial charge in [0.1, 0.15) is 5.65 Å². The van der Waals surface area contributed by atoms with Crippen molar-refractivity contribution in [3.05, 3.63) is 24.0 Å². The summed E-state index contributed by atoms with van der Waals surface area (Å²) >= 11 is 0. The number of nitrogens with zero attached hydrogens (tertiary/aromatic N) is 1. The van der Waals surface area contributed by atoms with Gasteiger partial charge in [-0.05, 0) is 6.07 Å². The smallest absolute Gasteiger partial charge is 0.319 e. The monoisotopic (exact) mass is 188 g/mol. The predicted molar refractivity (Wildman–Crippen MR) is 52.0 cm³/mol. The maximum absolute atomic E-state index is 11.1. The van der Waals surface area contributed by atoms with Gasteiger partial charge in [-0.1, -0.05) is 0 Å². The van der Waals surface area contributed by atoms with E-state index in [2.05, 4.69) is 20.6 Å². The standard InChI is InChI=1S/C9H8N4O/c14-9-12-4-5-3-11-8-6(1-2-10-8)7(5)13-9/h1-3H,4H2,(H,10,11)(H2,12,13,14). The lowest BCUT2D eigenvalue weighted by Crippen LogP contribution is -2.33. The van der Waals surface area contributed by atoms with Crippen molar-refractivity contribution in [1.82, 2.24) is 15.3 Å². The summed E-state index contributed by atoms with van der Waals surface area (Å²) in [6.45, 7) is 0.537. The van der Waals surface area contributed by atoms with Crippen molar-refractivity contribution >= 4 is 22.8 Å². The van der Waals surface area contributed by atoms with E-state index in [1.54, 1.807) is 6.20 Å². The molecule has 3 heterocycles. The minimum absolute atomic E-state index is 0.161. The molecule has 3 rings (SSSR count). The van der Waals surface area contributed by atoms with Gasteiger partial charge in [-0.2, -0.15) is 0 Å². The Morgan fingerprint density at radius 2 is 2.36 bits per heavy atom. The third kappa shape index (κ3) is 0.891. The van der Waals surface area contributed by atoms with Crippen molar-refractivity contribution in [1.29, 1.82) is 0 Å². The number of carbonyl (C=O) groups is 1. The van der Waals surface area contributed by atoms with Gasteiger partial charge >= 0.3 is 6.03 Å². The highest BCUT2D eigenvalue weighted by atomic mass is 16.2. The maximum atomic E-state index is 11.1. The second-order valence-corrected chi connectivity index (χ2v) is 3.21. The number of anilines is 1. The summed E-state index contributed by atoms with van der Waals surface area (Å²) in [5.41, 5.74) is 2.67. The number of urea groups is 1. The molecule has 14 heavy (non-hydrogen) atoms. The highest BCUT2D eigenvalue weighted by Gasteiger charge is 2.16. The van der Waals surface area contributed by atoms with Gasteiger partial charge in [-0.3, -0.25) is 0 Å². The number of rotatable bonds is 0. The van der Waals surface area contributed by atoms with Crippen LogP contribution in [0.4, 0.5) is 10.5 Å². The molecule has 0 bridgehead atoms. The third-order valence-electron chi connectivity index (χ3n) is 2.34. The largest absolute Gasteiger partial charge is 0.346 e. The Kier molecular flexibility index (Phi) is 1.30. The molecule has 0 aromatic carbocycles. The SMILES string of the molecule is O=C1NCc2cnc3[nH]ccc3c2N1. The summed E-state index contributed by atoms with van der Waals surface area (Å²) in [4.78, 5) is 18.4. The van der Waals surface area contributed by atoms with Crippen molar-refractivity contribution < 1.29 is 4.79 Å². The van der Waals surface area contributed by atoms with Crippen LogP contribution in [0.2, 0.25) is 0 Å². The van der Waals surface area contributed by atoms with Gasteiger partial charge in [0.05, 0.1) is 5.69 Å². The average molecular weight is 188 g/mol. The molecular formula is C9H8N4O. The van der Waals surface area contributed by atoms with Gasteiger partial charge in [-0.25, -0.2) is 9.78 Å². The van der Waals surface area contributed by atoms with E-state index in [0.717, 1.165) is 22.3 Å². The molecule has 2 aromatic heterocycles. The van der Waals surface area contributed by atoms with Crippen LogP contribution in [0.1, 0.15) is 5.56 Å². The molecule has 5 heteroatoms. The lowest BCUT2D eigenvalue weighted by Gasteiger charge is -2.18. The molecule has 70 valence electrons. The number of pyridine rings is 1. The zero-order chi connectivity index (χ0) is 9.54. The molecule has 0 atom stereocenters. The molecule has 3 N–H and O–H groups in total. The van der Waals surface area contributed by atoms with Gasteiger partial charge in [0.2, 0.25) is 0 Å². The number of nitrogens with one attached hydrogen (secondary N) is 3. The summed E-state index contributed by atoms with van der Waals surface area (Å²) in [5, 5.41) is 6.43. The topological polar surface area (TPSA) is 69.8 Å². The van der Waals surface area contributed by atoms with Crippen LogP contribution in [0.3, 0.4) is 0 Å². The number of hydrogen-bond donors (Lipinski definition) is 3. The predicted octanol–water partition coefficient (Wildman–Crippen LogP) is 1.20. The van der Waals surface area contributed by atoms with Crippen molar-refractivity contribution in [3.8, 4) is 0 Å². The van der Waals surface area contributed by atoms with E-state index in [0.29, 0.717) is 6.54 Å². The van der Waals surface area contributed by atoms with Crippen molar-refractivity contribution in [2.75, 3.05) is 5.32 Å². The van der Waals surface area contributed by atoms with Gasteiger partial charge < -0.3 is 15.6 Å². The fourth-order valence-electron chi connectivity index (χ4n) is 1.66. The maximum Gasteiger partial charge on any atom is 0.319 e. The molecule has 2 amide bonds. The second-order valence-electron chi connectivity index (χ2n) is 3.21. The normalized spacial score (nSPS) is 14.7. The Hall–Kier alpha value is -2.04. The van der Waals surface area contributed by atoms with Gasteiger partial charge in [0, 0.05) is 29.9 Å². The van der Waals surface area contributed by atoms with E-state index < -0.39 is 0 Å². The van der Waals surface area contributed by atoms with Crippen LogP contribution in [-0.2, 0) is 6.54 Å². The number of aromatic amines is 1. The summed E-state index contributed by atoms with van der Waals surface area (Å²) < 4.78 is 0. The van der Waals surface area contributed by atoms with E-state index in [1.165, 1.54) is 0 Å². The van der Waals surface area contributed by atoms with Gasteiger partial charge in [0.25, 0.3) is 0 Å². The highest BCUT2D eigenvalue weighted by Crippen LogP contribution is 2.26. The second kappa shape index (κ2) is 2.47. The molecule has 0 spiro atoms. The van der Waals surface area contributed by atoms with Crippen molar-refractivity contribution in [3.63, 3.8) is 0 Å². The van der Waals surface area contributed by atoms with Gasteiger partial charge in [-0.15, -0.1) is 0 Å². The number of hydrogen-bond acceptors (Lipinski definition) is 2. The first-order chi connectivity index (χ1) is 6.84. The molecule has 0 saturated carbocycles. The molecule has 0 fully saturated rings. The molecule has 1 aliphatic rings. The quantitative estimate of drug-likeness (QED) is 0.581. The van der Waals surface area contributed by atoms with Crippen LogP contribution in [0, 0.1) is 0 Å². The molecule has 0 unspecified atom stereocenters. The van der Waals surface area contributed by atoms with Crippen molar-refractivity contribution in [2.45, 2.75) is 6.54 Å². The Labute approximate surface area is 79.5 Å². The third-order valence-corrected chi connectivity index (χ3v) is 2.34. The molecule has 0 radical (unpaired) electrons. The van der Waals surface area contributed by atoms with E-state index >= 15 is 0 Å². The highest BCUT2D eigenvalue weighted by molar-refractivity contribution is 6.02. The zero-order valence-electron chi connectivity index (χ0n) is 7.29. The Balaban J connectivity index is 2.31. The summed E-state index contributed by atoms with van der Waals surface area (Å²) in [6, 6.07) is 1.75. The van der Waals surface area contributed by atoms with Crippen LogP contribution < -0.4 is 10.6 Å². The number of carbonyl (C=O) groups excluding carboxylic acids is 1. The fourth-order valence-corrected chi connectivity index (χ4v) is 1.66. The molecule has 0 aliphatic carbocycles. The van der Waals surface area contributed by atoms with Gasteiger partial charge in [0.15, 0.2) is 0 Å². The van der Waals surface area contributed by atoms with Crippen molar-refractivity contribution in [2.24, 2.45) is 0 Å². The lowest BCUT2D eigenvalue weighted by molar-refractivity contribution is 0.251. The van der Waals surface area contributed by atoms with E-state index in [4.69, 9.17) is 0 Å². The number of H-pyrrole nitrogens is 1. The number of amides is 2. The van der Waals surface area contributed by atoms with Crippen LogP contribution in [0.25, 0.3) is 11.0 Å². The molecule has 0 saturated heterocycles. The van der Waals surface area contributed by atoms with Crippen LogP contribution in [-0.4, -0.2) is 16.0 Å². The minimum atomic E-state index is -0.161. The number of aromatic nitrogens is 2. The first kappa shape index (κ1) is 7.37. The molecular weight excluding hydrogens is 180 g/mol. The minimum Gasteiger partial charge on any atom is -0.346 e. The Morgan fingerprint density at radius 3 is 3.29 bits per heavy atom. The molecule has 5 nitrogen and oxygen atoms in total. The first-order valence-electron chi connectivity index (χ1n) is 4.34. The Morgan fingerprint density at radius 1 is 1.43 bits per heavy atom. The summed E-state index contributed by atoms with van der Waals surface area (Å²) in [6.07, 6.45) is 3.58.